The second kappa shape index (κ2) is 8.76. The predicted octanol–water partition coefficient (Wildman–Crippen LogP) is 1.41. The number of hydroxylamine groups is 1. The summed E-state index contributed by atoms with van der Waals surface area (Å²) in [5.74, 6) is 1.71. The molecule has 1 saturated carbocycles. The van der Waals surface area contributed by atoms with Gasteiger partial charge in [0.15, 0.2) is 0 Å². The topological polar surface area (TPSA) is 87.3 Å². The molecule has 1 amide bonds. The van der Waals surface area contributed by atoms with Gasteiger partial charge in [-0.3, -0.25) is 15.6 Å². The van der Waals surface area contributed by atoms with Gasteiger partial charge in [-0.15, -0.1) is 0 Å². The second-order valence-electron chi connectivity index (χ2n) is 10.7. The first-order valence-electron chi connectivity index (χ1n) is 12.1. The number of hydrazine groups is 1. The molecule has 4 aliphatic heterocycles. The number of nitrogens with one attached hydrogen (secondary N) is 3. The molecule has 9 heteroatoms. The first kappa shape index (κ1) is 21.9. The zero-order valence-electron chi connectivity index (χ0n) is 19.1. The van der Waals surface area contributed by atoms with Crippen molar-refractivity contribution in [2.45, 2.75) is 82.5 Å². The van der Waals surface area contributed by atoms with Gasteiger partial charge in [-0.05, 0) is 64.2 Å². The fraction of sp³-hybridized carbons (Fsp3) is 0.955. The molecule has 0 aromatic heterocycles. The lowest BCUT2D eigenvalue weighted by Crippen LogP contribution is -2.49. The number of rotatable bonds is 3. The lowest BCUT2D eigenvalue weighted by Gasteiger charge is -2.35. The van der Waals surface area contributed by atoms with Gasteiger partial charge >= 0.3 is 6.09 Å². The minimum absolute atomic E-state index is 0.00205. The van der Waals surface area contributed by atoms with Gasteiger partial charge in [0.25, 0.3) is 0 Å². The lowest BCUT2D eigenvalue weighted by atomic mass is 9.78. The van der Waals surface area contributed by atoms with Crippen LogP contribution in [0.15, 0.2) is 0 Å². The Hall–Kier alpha value is -0.970. The summed E-state index contributed by atoms with van der Waals surface area (Å²) in [7, 11) is 1.45. The zero-order valence-corrected chi connectivity index (χ0v) is 19.1. The molecule has 5 aliphatic rings. The van der Waals surface area contributed by atoms with Gasteiger partial charge < -0.3 is 14.4 Å². The second-order valence-corrected chi connectivity index (χ2v) is 10.7. The van der Waals surface area contributed by atoms with Crippen LogP contribution in [-0.2, 0) is 14.3 Å². The number of nitrogens with zero attached hydrogens (tertiary/aromatic N) is 2. The third-order valence-corrected chi connectivity index (χ3v) is 8.17. The van der Waals surface area contributed by atoms with E-state index in [1.54, 1.807) is 4.90 Å². The standard InChI is InChI=1S/C22H39N5O4/c1-22(2)11-17(13-30-22)27-12-16-5-4-15(10-18(16)24-27)20-23-19(25-31-20)14-6-8-26(9-7-14)21(28)29-3/h14-20,23-25H,4-13H2,1-3H3. The van der Waals surface area contributed by atoms with Crippen LogP contribution in [0.3, 0.4) is 0 Å². The molecule has 6 unspecified atom stereocenters. The lowest BCUT2D eigenvalue weighted by molar-refractivity contribution is -0.0290. The van der Waals surface area contributed by atoms with Crippen LogP contribution in [-0.4, -0.2) is 79.4 Å². The highest BCUT2D eigenvalue weighted by atomic mass is 16.7. The van der Waals surface area contributed by atoms with Crippen LogP contribution in [0.2, 0.25) is 0 Å². The molecule has 6 atom stereocenters. The van der Waals surface area contributed by atoms with E-state index >= 15 is 0 Å². The number of piperidine rings is 1. The molecule has 5 rings (SSSR count). The van der Waals surface area contributed by atoms with Crippen LogP contribution in [0.1, 0.15) is 52.4 Å². The maximum absolute atomic E-state index is 11.7. The maximum atomic E-state index is 11.7. The number of methoxy groups -OCH3 is 1. The first-order valence-corrected chi connectivity index (χ1v) is 12.1. The van der Waals surface area contributed by atoms with Crippen LogP contribution in [0.5, 0.6) is 0 Å². The van der Waals surface area contributed by atoms with Crippen molar-refractivity contribution in [3.05, 3.63) is 0 Å². The molecule has 3 N–H and O–H groups in total. The summed E-state index contributed by atoms with van der Waals surface area (Å²) in [4.78, 5) is 19.5. The molecule has 0 spiro atoms. The van der Waals surface area contributed by atoms with Crippen molar-refractivity contribution >= 4 is 6.09 Å². The summed E-state index contributed by atoms with van der Waals surface area (Å²) >= 11 is 0. The number of ether oxygens (including phenoxy) is 2. The van der Waals surface area contributed by atoms with E-state index in [-0.39, 0.29) is 24.1 Å². The number of carbonyl (C=O) groups is 1. The largest absolute Gasteiger partial charge is 0.453 e. The van der Waals surface area contributed by atoms with E-state index in [4.69, 9.17) is 14.3 Å². The van der Waals surface area contributed by atoms with Gasteiger partial charge in [-0.25, -0.2) is 9.80 Å². The zero-order chi connectivity index (χ0) is 21.6. The molecule has 176 valence electrons. The Balaban J connectivity index is 1.09. The predicted molar refractivity (Wildman–Crippen MR) is 115 cm³/mol. The Morgan fingerprint density at radius 1 is 1.10 bits per heavy atom. The first-order chi connectivity index (χ1) is 14.9. The Morgan fingerprint density at radius 2 is 1.87 bits per heavy atom. The molecule has 4 saturated heterocycles. The van der Waals surface area contributed by atoms with Crippen molar-refractivity contribution in [3.8, 4) is 0 Å². The molecule has 0 aromatic rings. The third-order valence-electron chi connectivity index (χ3n) is 8.17. The number of hydrogen-bond acceptors (Lipinski definition) is 8. The van der Waals surface area contributed by atoms with E-state index in [0.717, 1.165) is 57.8 Å². The Labute approximate surface area is 185 Å². The molecule has 0 radical (unpaired) electrons. The summed E-state index contributed by atoms with van der Waals surface area (Å²) < 4.78 is 10.8. The molecule has 4 heterocycles. The Bertz CT molecular complexity index is 656. The van der Waals surface area contributed by atoms with Gasteiger partial charge in [0.05, 0.1) is 31.5 Å². The van der Waals surface area contributed by atoms with Crippen LogP contribution >= 0.6 is 0 Å². The van der Waals surface area contributed by atoms with Crippen molar-refractivity contribution in [2.24, 2.45) is 17.8 Å². The molecular weight excluding hydrogens is 398 g/mol. The highest BCUT2D eigenvalue weighted by Gasteiger charge is 2.46. The average Bonchev–Trinajstić information content (AvgIpc) is 3.50. The van der Waals surface area contributed by atoms with Crippen molar-refractivity contribution < 1.29 is 19.1 Å². The minimum atomic E-state index is -0.220. The van der Waals surface area contributed by atoms with Crippen molar-refractivity contribution in [1.29, 1.82) is 0 Å². The molecule has 9 nitrogen and oxygen atoms in total. The van der Waals surface area contributed by atoms with Gasteiger partial charge in [0.2, 0.25) is 0 Å². The number of likely N-dealkylation sites (tertiary alicyclic amines) is 1. The van der Waals surface area contributed by atoms with Crippen LogP contribution in [0, 0.1) is 17.8 Å². The maximum Gasteiger partial charge on any atom is 0.409 e. The highest BCUT2D eigenvalue weighted by Crippen LogP contribution is 2.38. The van der Waals surface area contributed by atoms with Gasteiger partial charge in [0, 0.05) is 31.6 Å². The molecular formula is C22H39N5O4. The van der Waals surface area contributed by atoms with E-state index in [9.17, 15) is 4.79 Å². The highest BCUT2D eigenvalue weighted by molar-refractivity contribution is 5.67. The molecule has 5 fully saturated rings. The average molecular weight is 438 g/mol. The molecule has 0 bridgehead atoms. The van der Waals surface area contributed by atoms with Crippen LogP contribution in [0.4, 0.5) is 4.79 Å². The van der Waals surface area contributed by atoms with Gasteiger partial charge in [-0.1, -0.05) is 0 Å². The minimum Gasteiger partial charge on any atom is -0.453 e. The van der Waals surface area contributed by atoms with Gasteiger partial charge in [-0.2, -0.15) is 5.48 Å². The Kier molecular flexibility index (Phi) is 6.17. The smallest absolute Gasteiger partial charge is 0.409 e. The summed E-state index contributed by atoms with van der Waals surface area (Å²) in [5, 5.41) is 6.18. The number of hydrogen-bond donors (Lipinski definition) is 3. The van der Waals surface area contributed by atoms with E-state index in [1.807, 2.05) is 0 Å². The summed E-state index contributed by atoms with van der Waals surface area (Å²) in [6.45, 7) is 7.85. The number of amides is 1. The van der Waals surface area contributed by atoms with E-state index in [2.05, 4.69) is 35.1 Å². The number of fused-ring (bicyclic) bond motifs is 1. The van der Waals surface area contributed by atoms with E-state index in [1.165, 1.54) is 20.0 Å². The fourth-order valence-electron chi connectivity index (χ4n) is 6.30. The van der Waals surface area contributed by atoms with E-state index < -0.39 is 0 Å². The monoisotopic (exact) mass is 437 g/mol. The summed E-state index contributed by atoms with van der Waals surface area (Å²) in [5.41, 5.74) is 7.08. The quantitative estimate of drug-likeness (QED) is 0.611. The summed E-state index contributed by atoms with van der Waals surface area (Å²) in [6.07, 6.45) is 6.62. The van der Waals surface area contributed by atoms with E-state index in [0.29, 0.717) is 23.9 Å². The fourth-order valence-corrected chi connectivity index (χ4v) is 6.30. The number of carbonyl (C=O) groups excluding carboxylic acids is 1. The van der Waals surface area contributed by atoms with Crippen molar-refractivity contribution in [2.75, 3.05) is 33.4 Å². The van der Waals surface area contributed by atoms with Gasteiger partial charge in [0.1, 0.15) is 6.23 Å². The van der Waals surface area contributed by atoms with Crippen molar-refractivity contribution in [3.63, 3.8) is 0 Å². The summed E-state index contributed by atoms with van der Waals surface area (Å²) in [6, 6.07) is 1.03. The van der Waals surface area contributed by atoms with Crippen molar-refractivity contribution in [1.82, 2.24) is 26.1 Å². The SMILES string of the molecule is COC(=O)N1CCC(C2NOC(C3CCC4CN(C5COC(C)(C)C5)NC4C3)N2)CC1. The third kappa shape index (κ3) is 4.58. The molecule has 1 aliphatic carbocycles. The van der Waals surface area contributed by atoms with Crippen LogP contribution in [0.25, 0.3) is 0 Å². The molecule has 31 heavy (non-hydrogen) atoms. The normalized spacial score (nSPS) is 41.5. The Morgan fingerprint density at radius 3 is 2.58 bits per heavy atom. The molecule has 0 aromatic carbocycles. The van der Waals surface area contributed by atoms with Crippen LogP contribution < -0.4 is 16.2 Å².